The number of carbonyl (C=O) groups excluding carboxylic acids is 2. The van der Waals surface area contributed by atoms with Gasteiger partial charge in [0.25, 0.3) is 0 Å². The number of thiazole rings is 1. The molecule has 2 aromatic heterocycles. The molecule has 32 heavy (non-hydrogen) atoms. The van der Waals surface area contributed by atoms with Gasteiger partial charge in [0.15, 0.2) is 0 Å². The fourth-order valence-corrected chi connectivity index (χ4v) is 9.51. The molecule has 166 valence electrons. The SMILES string of the molecule is O=C(O)CCCN1C(=O)C2C3CC(C2C1=O)C1C3Sc2[nH]c(=O)sc2[C@@H]1c1cccnc1. The number of hydrogen-bond donors (Lipinski definition) is 2. The fourth-order valence-electron chi connectivity index (χ4n) is 6.62. The number of aromatic nitrogens is 2. The number of amides is 2. The molecule has 2 saturated carbocycles. The lowest BCUT2D eigenvalue weighted by atomic mass is 9.68. The first kappa shape index (κ1) is 20.2. The van der Waals surface area contributed by atoms with Crippen molar-refractivity contribution in [1.29, 1.82) is 0 Å². The van der Waals surface area contributed by atoms with Crippen molar-refractivity contribution in [2.24, 2.45) is 29.6 Å². The molecule has 1 saturated heterocycles. The number of aromatic amines is 1. The van der Waals surface area contributed by atoms with E-state index in [0.717, 1.165) is 21.9 Å². The van der Waals surface area contributed by atoms with Crippen LogP contribution in [0.25, 0.3) is 0 Å². The van der Waals surface area contributed by atoms with E-state index in [9.17, 15) is 19.2 Å². The molecule has 2 aromatic rings. The molecule has 4 aliphatic rings. The monoisotopic (exact) mass is 471 g/mol. The first-order chi connectivity index (χ1) is 15.5. The molecule has 10 heteroatoms. The van der Waals surface area contributed by atoms with Crippen molar-refractivity contribution in [1.82, 2.24) is 14.9 Å². The lowest BCUT2D eigenvalue weighted by Gasteiger charge is -2.42. The number of fused-ring (bicyclic) bond motifs is 9. The Hall–Kier alpha value is -2.46. The highest BCUT2D eigenvalue weighted by molar-refractivity contribution is 8.00. The third-order valence-electron chi connectivity index (χ3n) is 7.63. The van der Waals surface area contributed by atoms with Crippen LogP contribution < -0.4 is 4.87 Å². The number of carboxylic acids is 1. The lowest BCUT2D eigenvalue weighted by Crippen LogP contribution is -2.42. The van der Waals surface area contributed by atoms with E-state index < -0.39 is 5.97 Å². The topological polar surface area (TPSA) is 120 Å². The maximum Gasteiger partial charge on any atom is 0.305 e. The number of carboxylic acid groups (broad SMARTS) is 1. The van der Waals surface area contributed by atoms with Crippen LogP contribution in [0.1, 0.15) is 35.6 Å². The Morgan fingerprint density at radius 2 is 2.00 bits per heavy atom. The summed E-state index contributed by atoms with van der Waals surface area (Å²) >= 11 is 2.89. The highest BCUT2D eigenvalue weighted by Gasteiger charge is 2.69. The molecule has 6 rings (SSSR count). The Labute approximate surface area is 191 Å². The first-order valence-corrected chi connectivity index (χ1v) is 12.5. The minimum atomic E-state index is -0.925. The summed E-state index contributed by atoms with van der Waals surface area (Å²) in [4.78, 5) is 59.1. The largest absolute Gasteiger partial charge is 0.481 e. The van der Waals surface area contributed by atoms with Gasteiger partial charge in [0.05, 0.1) is 16.9 Å². The van der Waals surface area contributed by atoms with Crippen LogP contribution in [0.5, 0.6) is 0 Å². The lowest BCUT2D eigenvalue weighted by molar-refractivity contribution is -0.142. The second-order valence-electron chi connectivity index (χ2n) is 9.07. The number of rotatable bonds is 5. The zero-order chi connectivity index (χ0) is 22.1. The number of carbonyl (C=O) groups is 3. The van der Waals surface area contributed by atoms with Gasteiger partial charge in [-0.1, -0.05) is 17.4 Å². The zero-order valence-corrected chi connectivity index (χ0v) is 18.6. The molecule has 2 bridgehead atoms. The van der Waals surface area contributed by atoms with Crippen molar-refractivity contribution in [3.63, 3.8) is 0 Å². The molecule has 0 aromatic carbocycles. The van der Waals surface area contributed by atoms with Crippen LogP contribution >= 0.6 is 23.1 Å². The summed E-state index contributed by atoms with van der Waals surface area (Å²) in [5.74, 6) is -1.58. The fraction of sp³-hybridized carbons (Fsp3) is 0.500. The average molecular weight is 472 g/mol. The Bertz CT molecular complexity index is 1180. The van der Waals surface area contributed by atoms with Crippen molar-refractivity contribution in [2.75, 3.05) is 6.54 Å². The maximum atomic E-state index is 13.3. The first-order valence-electron chi connectivity index (χ1n) is 10.8. The van der Waals surface area contributed by atoms with E-state index in [0.29, 0.717) is 0 Å². The van der Waals surface area contributed by atoms with Crippen LogP contribution in [-0.2, 0) is 14.4 Å². The van der Waals surface area contributed by atoms with E-state index >= 15 is 0 Å². The second kappa shape index (κ2) is 7.28. The number of nitrogens with one attached hydrogen (secondary N) is 1. The highest BCUT2D eigenvalue weighted by atomic mass is 32.2. The smallest absolute Gasteiger partial charge is 0.305 e. The predicted molar refractivity (Wildman–Crippen MR) is 116 cm³/mol. The quantitative estimate of drug-likeness (QED) is 0.641. The summed E-state index contributed by atoms with van der Waals surface area (Å²) in [6.45, 7) is 0.172. The second-order valence-corrected chi connectivity index (χ2v) is 11.3. The number of aliphatic carboxylic acids is 1. The number of thioether (sulfide) groups is 1. The van der Waals surface area contributed by atoms with Gasteiger partial charge < -0.3 is 10.1 Å². The van der Waals surface area contributed by atoms with Crippen LogP contribution in [-0.4, -0.2) is 49.6 Å². The van der Waals surface area contributed by atoms with Crippen LogP contribution in [0.3, 0.4) is 0 Å². The summed E-state index contributed by atoms with van der Waals surface area (Å²) in [6.07, 6.45) is 4.63. The van der Waals surface area contributed by atoms with Gasteiger partial charge in [-0.05, 0) is 42.2 Å². The molecule has 7 atom stereocenters. The predicted octanol–water partition coefficient (Wildman–Crippen LogP) is 2.17. The van der Waals surface area contributed by atoms with E-state index in [-0.39, 0.29) is 76.8 Å². The van der Waals surface area contributed by atoms with Gasteiger partial charge in [-0.25, -0.2) is 0 Å². The third-order valence-corrected chi connectivity index (χ3v) is 10.2. The van der Waals surface area contributed by atoms with Gasteiger partial charge in [-0.3, -0.25) is 29.1 Å². The maximum absolute atomic E-state index is 13.3. The normalized spacial score (nSPS) is 34.5. The summed E-state index contributed by atoms with van der Waals surface area (Å²) in [5.41, 5.74) is 1.04. The molecule has 6 unspecified atom stereocenters. The molecule has 2 aliphatic heterocycles. The molecular formula is C22H21N3O5S2. The molecule has 0 radical (unpaired) electrons. The van der Waals surface area contributed by atoms with Crippen LogP contribution in [0.4, 0.5) is 0 Å². The Morgan fingerprint density at radius 1 is 1.22 bits per heavy atom. The number of hydrogen-bond acceptors (Lipinski definition) is 7. The number of nitrogens with zero attached hydrogens (tertiary/aromatic N) is 2. The van der Waals surface area contributed by atoms with Crippen molar-refractivity contribution >= 4 is 40.9 Å². The average Bonchev–Trinajstić information content (AvgIpc) is 3.49. The van der Waals surface area contributed by atoms with Crippen LogP contribution in [0, 0.1) is 29.6 Å². The molecule has 3 fully saturated rings. The van der Waals surface area contributed by atoms with Gasteiger partial charge in [0.1, 0.15) is 0 Å². The summed E-state index contributed by atoms with van der Waals surface area (Å²) in [7, 11) is 0. The van der Waals surface area contributed by atoms with Gasteiger partial charge in [-0.2, -0.15) is 0 Å². The van der Waals surface area contributed by atoms with Crippen molar-refractivity contribution in [3.05, 3.63) is 44.6 Å². The molecule has 2 aliphatic carbocycles. The number of H-pyrrole nitrogens is 1. The van der Waals surface area contributed by atoms with Gasteiger partial charge in [0, 0.05) is 41.4 Å². The minimum Gasteiger partial charge on any atom is -0.481 e. The number of likely N-dealkylation sites (tertiary alicyclic amines) is 1. The highest BCUT2D eigenvalue weighted by Crippen LogP contribution is 2.68. The Kier molecular flexibility index (Phi) is 4.59. The minimum absolute atomic E-state index is 0.0196. The Morgan fingerprint density at radius 3 is 2.72 bits per heavy atom. The van der Waals surface area contributed by atoms with Gasteiger partial charge in [-0.15, -0.1) is 11.8 Å². The number of imide groups is 1. The molecule has 0 spiro atoms. The van der Waals surface area contributed by atoms with E-state index in [1.807, 2.05) is 18.3 Å². The van der Waals surface area contributed by atoms with Crippen LogP contribution in [0.2, 0.25) is 0 Å². The molecular weight excluding hydrogens is 450 g/mol. The van der Waals surface area contributed by atoms with Crippen molar-refractivity contribution in [3.8, 4) is 0 Å². The molecule has 2 amide bonds. The summed E-state index contributed by atoms with van der Waals surface area (Å²) in [6, 6.07) is 3.92. The standard InChI is InChI=1S/C22H21N3O5S2/c26-12(27)4-2-6-25-20(28)15-10-7-11(16(15)21(25)29)17-14(10)13(9-3-1-5-23-8-9)18-19(31-17)24-22(30)32-18/h1,3,5,8,10-11,13-17H,2,4,6-7H2,(H,24,30)(H,26,27)/t10?,11?,13-,14?,15?,16?,17?/m1/s1. The Balaban J connectivity index is 1.37. The molecule has 2 N–H and O–H groups in total. The van der Waals surface area contributed by atoms with Gasteiger partial charge in [0.2, 0.25) is 11.8 Å². The van der Waals surface area contributed by atoms with E-state index in [1.54, 1.807) is 18.0 Å². The van der Waals surface area contributed by atoms with E-state index in [4.69, 9.17) is 5.11 Å². The van der Waals surface area contributed by atoms with E-state index in [1.165, 1.54) is 16.2 Å². The van der Waals surface area contributed by atoms with Gasteiger partial charge >= 0.3 is 10.8 Å². The molecule has 4 heterocycles. The van der Waals surface area contributed by atoms with Crippen molar-refractivity contribution < 1.29 is 19.5 Å². The van der Waals surface area contributed by atoms with Crippen LogP contribution in [0.15, 0.2) is 34.3 Å². The number of pyridine rings is 1. The van der Waals surface area contributed by atoms with E-state index in [2.05, 4.69) is 9.97 Å². The zero-order valence-electron chi connectivity index (χ0n) is 17.0. The van der Waals surface area contributed by atoms with Crippen molar-refractivity contribution in [2.45, 2.75) is 35.5 Å². The summed E-state index contributed by atoms with van der Waals surface area (Å²) < 4.78 is 0. The molecule has 8 nitrogen and oxygen atoms in total. The third kappa shape index (κ3) is 2.78. The summed E-state index contributed by atoms with van der Waals surface area (Å²) in [5, 5.41) is 9.95.